The minimum Gasteiger partial charge on any atom is -0.379 e. The molecule has 2 aliphatic rings. The fourth-order valence-corrected chi connectivity index (χ4v) is 3.91. The minimum absolute atomic E-state index is 0.131. The van der Waals surface area contributed by atoms with Gasteiger partial charge in [0.05, 0.1) is 25.8 Å². The zero-order valence-corrected chi connectivity index (χ0v) is 15.9. The first-order valence-corrected chi connectivity index (χ1v) is 9.54. The van der Waals surface area contributed by atoms with Crippen LogP contribution in [0.2, 0.25) is 0 Å². The zero-order chi connectivity index (χ0) is 21.2. The monoisotopic (exact) mass is 421 g/mol. The maximum atomic E-state index is 14.6. The van der Waals surface area contributed by atoms with Gasteiger partial charge in [-0.1, -0.05) is 0 Å². The van der Waals surface area contributed by atoms with Crippen LogP contribution in [-0.2, 0) is 16.0 Å². The van der Waals surface area contributed by atoms with Crippen LogP contribution in [0.3, 0.4) is 0 Å². The zero-order valence-electron chi connectivity index (χ0n) is 15.9. The summed E-state index contributed by atoms with van der Waals surface area (Å²) in [5.41, 5.74) is 5.68. The van der Waals surface area contributed by atoms with Gasteiger partial charge in [-0.3, -0.25) is 9.69 Å². The highest BCUT2D eigenvalue weighted by atomic mass is 19.3. The summed E-state index contributed by atoms with van der Waals surface area (Å²) in [7, 11) is 0. The van der Waals surface area contributed by atoms with Crippen LogP contribution in [0.15, 0.2) is 12.1 Å². The number of carbonyl (C=O) groups is 1. The summed E-state index contributed by atoms with van der Waals surface area (Å²) >= 11 is 0. The standard InChI is InChI=1S/C19H24F5N3O2/c20-14-10-16(22)15(21)8-12(14)7-13(25)9-18(28)27-2-1-17(19(23,24)11-27)26-3-5-29-6-4-26/h8,10,13,17H,1-7,9,11,25H2/t13-,17?/m1/s1. The molecule has 10 heteroatoms. The number of nitrogens with two attached hydrogens (primary N) is 1. The topological polar surface area (TPSA) is 58.8 Å². The van der Waals surface area contributed by atoms with Crippen molar-refractivity contribution in [2.45, 2.75) is 37.3 Å². The van der Waals surface area contributed by atoms with Gasteiger partial charge in [0.15, 0.2) is 11.6 Å². The maximum absolute atomic E-state index is 14.6. The van der Waals surface area contributed by atoms with Crippen LogP contribution in [0.1, 0.15) is 18.4 Å². The molecule has 0 saturated carbocycles. The van der Waals surface area contributed by atoms with Gasteiger partial charge in [-0.15, -0.1) is 0 Å². The quantitative estimate of drug-likeness (QED) is 0.583. The smallest absolute Gasteiger partial charge is 0.280 e. The average molecular weight is 421 g/mol. The third kappa shape index (κ3) is 5.23. The normalized spacial score (nSPS) is 23.8. The van der Waals surface area contributed by atoms with E-state index in [2.05, 4.69) is 0 Å². The van der Waals surface area contributed by atoms with Crippen molar-refractivity contribution in [2.24, 2.45) is 5.73 Å². The van der Waals surface area contributed by atoms with E-state index in [1.165, 1.54) is 0 Å². The molecule has 2 fully saturated rings. The summed E-state index contributed by atoms with van der Waals surface area (Å²) in [6.45, 7) is 1.13. The Morgan fingerprint density at radius 1 is 1.14 bits per heavy atom. The van der Waals surface area contributed by atoms with Crippen molar-refractivity contribution in [2.75, 3.05) is 39.4 Å². The second-order valence-electron chi connectivity index (χ2n) is 7.56. The van der Waals surface area contributed by atoms with Crippen LogP contribution in [0, 0.1) is 17.5 Å². The molecule has 0 spiro atoms. The number of alkyl halides is 2. The molecule has 2 atom stereocenters. The summed E-state index contributed by atoms with van der Waals surface area (Å²) in [5.74, 6) is -7.14. The number of rotatable bonds is 5. The number of carbonyl (C=O) groups excluding carboxylic acids is 1. The van der Waals surface area contributed by atoms with E-state index < -0.39 is 47.9 Å². The number of likely N-dealkylation sites (tertiary alicyclic amines) is 1. The van der Waals surface area contributed by atoms with Crippen molar-refractivity contribution < 1.29 is 31.5 Å². The van der Waals surface area contributed by atoms with Crippen molar-refractivity contribution in [3.63, 3.8) is 0 Å². The van der Waals surface area contributed by atoms with Gasteiger partial charge in [-0.05, 0) is 24.5 Å². The van der Waals surface area contributed by atoms with E-state index >= 15 is 0 Å². The number of morpholine rings is 1. The molecule has 0 radical (unpaired) electrons. The van der Waals surface area contributed by atoms with E-state index in [0.29, 0.717) is 38.4 Å². The van der Waals surface area contributed by atoms with Crippen LogP contribution < -0.4 is 5.73 Å². The number of benzene rings is 1. The lowest BCUT2D eigenvalue weighted by atomic mass is 9.97. The maximum Gasteiger partial charge on any atom is 0.280 e. The number of piperidine rings is 1. The van der Waals surface area contributed by atoms with Gasteiger partial charge in [0, 0.05) is 38.2 Å². The summed E-state index contributed by atoms with van der Waals surface area (Å²) in [6.07, 6.45) is -0.377. The highest BCUT2D eigenvalue weighted by Gasteiger charge is 2.48. The van der Waals surface area contributed by atoms with Crippen molar-refractivity contribution in [1.29, 1.82) is 0 Å². The number of amides is 1. The molecular formula is C19H24F5N3O2. The van der Waals surface area contributed by atoms with Gasteiger partial charge in [-0.25, -0.2) is 22.0 Å². The van der Waals surface area contributed by atoms with E-state index in [1.54, 1.807) is 4.90 Å². The molecule has 29 heavy (non-hydrogen) atoms. The fraction of sp³-hybridized carbons (Fsp3) is 0.632. The Morgan fingerprint density at radius 3 is 2.45 bits per heavy atom. The lowest BCUT2D eigenvalue weighted by Crippen LogP contribution is -2.61. The molecule has 2 heterocycles. The Hall–Kier alpha value is -1.78. The Bertz CT molecular complexity index is 743. The van der Waals surface area contributed by atoms with Crippen LogP contribution >= 0.6 is 0 Å². The molecule has 1 amide bonds. The number of ether oxygens (including phenoxy) is 1. The molecule has 0 bridgehead atoms. The Labute approximate surface area is 165 Å². The van der Waals surface area contributed by atoms with E-state index in [1.807, 2.05) is 0 Å². The average Bonchev–Trinajstić information content (AvgIpc) is 2.66. The number of halogens is 5. The van der Waals surface area contributed by atoms with Crippen LogP contribution in [0.5, 0.6) is 0 Å². The first-order chi connectivity index (χ1) is 13.7. The third-order valence-electron chi connectivity index (χ3n) is 5.41. The molecule has 0 aliphatic carbocycles. The van der Waals surface area contributed by atoms with Gasteiger partial charge in [-0.2, -0.15) is 0 Å². The van der Waals surface area contributed by atoms with Crippen molar-refractivity contribution >= 4 is 5.91 Å². The predicted molar refractivity (Wildman–Crippen MR) is 94.9 cm³/mol. The van der Waals surface area contributed by atoms with Crippen molar-refractivity contribution in [1.82, 2.24) is 9.80 Å². The third-order valence-corrected chi connectivity index (χ3v) is 5.41. The fourth-order valence-electron chi connectivity index (χ4n) is 3.91. The predicted octanol–water partition coefficient (Wildman–Crippen LogP) is 1.93. The molecule has 1 unspecified atom stereocenters. The van der Waals surface area contributed by atoms with Gasteiger partial charge in [0.2, 0.25) is 5.91 Å². The summed E-state index contributed by atoms with van der Waals surface area (Å²) in [4.78, 5) is 15.2. The van der Waals surface area contributed by atoms with Crippen LogP contribution in [-0.4, -0.2) is 73.1 Å². The first kappa shape index (κ1) is 21.9. The summed E-state index contributed by atoms with van der Waals surface area (Å²) < 4.78 is 74.5. The summed E-state index contributed by atoms with van der Waals surface area (Å²) in [6, 6.07) is -0.750. The molecule has 162 valence electrons. The second-order valence-corrected chi connectivity index (χ2v) is 7.56. The molecule has 2 N–H and O–H groups in total. The Balaban J connectivity index is 1.56. The van der Waals surface area contributed by atoms with Crippen LogP contribution in [0.25, 0.3) is 0 Å². The summed E-state index contributed by atoms with van der Waals surface area (Å²) in [5, 5.41) is 0. The van der Waals surface area contributed by atoms with Gasteiger partial charge in [0.1, 0.15) is 5.82 Å². The Kier molecular flexibility index (Phi) is 6.75. The molecular weight excluding hydrogens is 397 g/mol. The van der Waals surface area contributed by atoms with Gasteiger partial charge in [0.25, 0.3) is 5.92 Å². The highest BCUT2D eigenvalue weighted by molar-refractivity contribution is 5.77. The molecule has 0 aromatic heterocycles. The van der Waals surface area contributed by atoms with Gasteiger partial charge >= 0.3 is 0 Å². The molecule has 1 aromatic rings. The molecule has 5 nitrogen and oxygen atoms in total. The molecule has 2 saturated heterocycles. The second kappa shape index (κ2) is 8.93. The lowest BCUT2D eigenvalue weighted by molar-refractivity contribution is -0.160. The van der Waals surface area contributed by atoms with Crippen LogP contribution in [0.4, 0.5) is 22.0 Å². The molecule has 3 rings (SSSR count). The lowest BCUT2D eigenvalue weighted by Gasteiger charge is -2.44. The number of hydrogen-bond donors (Lipinski definition) is 1. The number of hydrogen-bond acceptors (Lipinski definition) is 4. The van der Waals surface area contributed by atoms with E-state index in [0.717, 1.165) is 4.90 Å². The van der Waals surface area contributed by atoms with Crippen molar-refractivity contribution in [3.8, 4) is 0 Å². The molecule has 2 aliphatic heterocycles. The van der Waals surface area contributed by atoms with E-state index in [9.17, 15) is 26.7 Å². The Morgan fingerprint density at radius 2 is 1.79 bits per heavy atom. The number of nitrogens with zero attached hydrogens (tertiary/aromatic N) is 2. The minimum atomic E-state index is -3.07. The van der Waals surface area contributed by atoms with E-state index in [4.69, 9.17) is 10.5 Å². The van der Waals surface area contributed by atoms with E-state index in [-0.39, 0.29) is 31.4 Å². The van der Waals surface area contributed by atoms with Crippen molar-refractivity contribution in [3.05, 3.63) is 35.1 Å². The SMILES string of the molecule is N[C@@H](CC(=O)N1CCC(N2CCOCC2)C(F)(F)C1)Cc1cc(F)c(F)cc1F. The highest BCUT2D eigenvalue weighted by Crippen LogP contribution is 2.32. The first-order valence-electron chi connectivity index (χ1n) is 9.54. The largest absolute Gasteiger partial charge is 0.379 e. The van der Waals surface area contributed by atoms with Gasteiger partial charge < -0.3 is 15.4 Å². The molecule has 1 aromatic carbocycles.